The lowest BCUT2D eigenvalue weighted by Crippen LogP contribution is -2.36. The Labute approximate surface area is 85.5 Å². The molecule has 0 heterocycles. The molecule has 84 valence electrons. The molecule has 2 nitrogen and oxygen atoms in total. The topological polar surface area (TPSA) is 46.2 Å². The van der Waals surface area contributed by atoms with Crippen LogP contribution >= 0.6 is 0 Å². The van der Waals surface area contributed by atoms with Gasteiger partial charge in [-0.1, -0.05) is 6.07 Å². The van der Waals surface area contributed by atoms with Crippen LogP contribution in [0.3, 0.4) is 0 Å². The summed E-state index contributed by atoms with van der Waals surface area (Å²) in [5, 5.41) is 8.47. The molecule has 15 heavy (non-hydrogen) atoms. The van der Waals surface area contributed by atoms with Gasteiger partial charge < -0.3 is 10.8 Å². The molecule has 1 atom stereocenters. The van der Waals surface area contributed by atoms with Gasteiger partial charge in [-0.25, -0.2) is 13.2 Å². The lowest BCUT2D eigenvalue weighted by atomic mass is 9.97. The highest BCUT2D eigenvalue weighted by Crippen LogP contribution is 2.30. The average Bonchev–Trinajstić information content (AvgIpc) is 2.17. The second kappa shape index (κ2) is 4.20. The fourth-order valence-corrected chi connectivity index (χ4v) is 1.31. The number of hydrogen-bond donors (Lipinski definition) is 2. The van der Waals surface area contributed by atoms with Crippen molar-refractivity contribution in [1.29, 1.82) is 0 Å². The Balaban J connectivity index is 3.06. The first-order valence-electron chi connectivity index (χ1n) is 4.39. The van der Waals surface area contributed by atoms with Gasteiger partial charge in [0.15, 0.2) is 0 Å². The molecule has 0 aliphatic rings. The Morgan fingerprint density at radius 2 is 2.07 bits per heavy atom. The van der Waals surface area contributed by atoms with Crippen molar-refractivity contribution in [2.24, 2.45) is 5.73 Å². The second-order valence-corrected chi connectivity index (χ2v) is 3.40. The maximum absolute atomic E-state index is 13.0. The molecule has 0 radical (unpaired) electrons. The molecular weight excluding hydrogens is 207 g/mol. The molecule has 0 aromatic heterocycles. The summed E-state index contributed by atoms with van der Waals surface area (Å²) in [7, 11) is 0. The van der Waals surface area contributed by atoms with E-state index in [0.29, 0.717) is 5.56 Å². The molecule has 0 saturated heterocycles. The van der Waals surface area contributed by atoms with Crippen LogP contribution in [0, 0.1) is 12.7 Å². The Bertz CT molecular complexity index is 355. The molecule has 0 saturated carbocycles. The van der Waals surface area contributed by atoms with Gasteiger partial charge in [-0.15, -0.1) is 0 Å². The van der Waals surface area contributed by atoms with Crippen LogP contribution in [0.4, 0.5) is 13.2 Å². The first kappa shape index (κ1) is 12.0. The van der Waals surface area contributed by atoms with Crippen molar-refractivity contribution in [2.45, 2.75) is 18.9 Å². The number of aryl methyl sites for hydroxylation is 1. The van der Waals surface area contributed by atoms with Crippen LogP contribution in [0.15, 0.2) is 18.2 Å². The highest BCUT2D eigenvalue weighted by atomic mass is 19.3. The summed E-state index contributed by atoms with van der Waals surface area (Å²) in [5.41, 5.74) is 5.78. The summed E-state index contributed by atoms with van der Waals surface area (Å²) in [6.45, 7) is 0.163. The number of nitrogens with two attached hydrogens (primary N) is 1. The minimum atomic E-state index is -3.40. The summed E-state index contributed by atoms with van der Waals surface area (Å²) in [6, 6.07) is 1.78. The van der Waals surface area contributed by atoms with Crippen molar-refractivity contribution in [3.63, 3.8) is 0 Å². The molecule has 0 unspecified atom stereocenters. The Kier molecular flexibility index (Phi) is 3.36. The van der Waals surface area contributed by atoms with Gasteiger partial charge in [-0.05, 0) is 30.2 Å². The third kappa shape index (κ3) is 2.49. The standard InChI is InChI=1S/C10H12F3NO/c1-6-4-7(11)2-3-8(6)9(14)10(12,13)5-15/h2-4,9,15H,5,14H2,1H3/t9-/m1/s1. The zero-order chi connectivity index (χ0) is 11.6. The van der Waals surface area contributed by atoms with Crippen LogP contribution in [-0.2, 0) is 0 Å². The third-order valence-corrected chi connectivity index (χ3v) is 2.23. The van der Waals surface area contributed by atoms with Crippen LogP contribution in [0.2, 0.25) is 0 Å². The predicted molar refractivity (Wildman–Crippen MR) is 50.1 cm³/mol. The summed E-state index contributed by atoms with van der Waals surface area (Å²) in [4.78, 5) is 0. The monoisotopic (exact) mass is 219 g/mol. The minimum absolute atomic E-state index is 0.135. The van der Waals surface area contributed by atoms with Gasteiger partial charge in [0, 0.05) is 0 Å². The highest BCUT2D eigenvalue weighted by molar-refractivity contribution is 5.30. The lowest BCUT2D eigenvalue weighted by Gasteiger charge is -2.23. The van der Waals surface area contributed by atoms with Gasteiger partial charge in [0.1, 0.15) is 12.4 Å². The number of aliphatic hydroxyl groups excluding tert-OH is 1. The fraction of sp³-hybridized carbons (Fsp3) is 0.400. The van der Waals surface area contributed by atoms with Gasteiger partial charge in [-0.2, -0.15) is 0 Å². The van der Waals surface area contributed by atoms with E-state index in [1.54, 1.807) is 0 Å². The largest absolute Gasteiger partial charge is 0.390 e. The van der Waals surface area contributed by atoms with Crippen LogP contribution in [0.1, 0.15) is 17.2 Å². The molecule has 0 spiro atoms. The van der Waals surface area contributed by atoms with Crippen LogP contribution < -0.4 is 5.73 Å². The number of rotatable bonds is 3. The first-order valence-corrected chi connectivity index (χ1v) is 4.39. The first-order chi connectivity index (χ1) is 6.88. The summed E-state index contributed by atoms with van der Waals surface area (Å²) < 4.78 is 38.8. The van der Waals surface area contributed by atoms with Crippen molar-refractivity contribution in [1.82, 2.24) is 0 Å². The SMILES string of the molecule is Cc1cc(F)ccc1[C@@H](N)C(F)(F)CO. The van der Waals surface area contributed by atoms with Gasteiger partial charge in [0.2, 0.25) is 0 Å². The van der Waals surface area contributed by atoms with Crippen molar-refractivity contribution in [3.8, 4) is 0 Å². The molecule has 0 bridgehead atoms. The number of alkyl halides is 2. The molecule has 1 aromatic carbocycles. The molecule has 0 aliphatic heterocycles. The zero-order valence-electron chi connectivity index (χ0n) is 8.17. The summed E-state index contributed by atoms with van der Waals surface area (Å²) in [5.74, 6) is -3.90. The van der Waals surface area contributed by atoms with E-state index in [9.17, 15) is 13.2 Å². The van der Waals surface area contributed by atoms with Crippen LogP contribution in [0.25, 0.3) is 0 Å². The molecule has 5 heteroatoms. The molecule has 0 fully saturated rings. The number of benzene rings is 1. The third-order valence-electron chi connectivity index (χ3n) is 2.23. The van der Waals surface area contributed by atoms with E-state index in [4.69, 9.17) is 10.8 Å². The van der Waals surface area contributed by atoms with E-state index in [2.05, 4.69) is 0 Å². The zero-order valence-corrected chi connectivity index (χ0v) is 8.17. The molecule has 1 rings (SSSR count). The van der Waals surface area contributed by atoms with E-state index < -0.39 is 24.4 Å². The average molecular weight is 219 g/mol. The van der Waals surface area contributed by atoms with Crippen LogP contribution in [0.5, 0.6) is 0 Å². The van der Waals surface area contributed by atoms with E-state index in [1.165, 1.54) is 13.0 Å². The summed E-state index contributed by atoms with van der Waals surface area (Å²) in [6.07, 6.45) is 0. The smallest absolute Gasteiger partial charge is 0.289 e. The van der Waals surface area contributed by atoms with Crippen LogP contribution in [-0.4, -0.2) is 17.6 Å². The van der Waals surface area contributed by atoms with Gasteiger partial charge >= 0.3 is 0 Å². The molecule has 0 aliphatic carbocycles. The minimum Gasteiger partial charge on any atom is -0.390 e. The second-order valence-electron chi connectivity index (χ2n) is 3.40. The Morgan fingerprint density at radius 1 is 1.47 bits per heavy atom. The number of hydrogen-bond acceptors (Lipinski definition) is 2. The number of halogens is 3. The molecular formula is C10H12F3NO. The van der Waals surface area contributed by atoms with E-state index in [0.717, 1.165) is 12.1 Å². The maximum atomic E-state index is 13.0. The maximum Gasteiger partial charge on any atom is 0.289 e. The van der Waals surface area contributed by atoms with Gasteiger partial charge in [0.25, 0.3) is 5.92 Å². The highest BCUT2D eigenvalue weighted by Gasteiger charge is 2.37. The quantitative estimate of drug-likeness (QED) is 0.813. The predicted octanol–water partition coefficient (Wildman–Crippen LogP) is 1.76. The summed E-state index contributed by atoms with van der Waals surface area (Å²) >= 11 is 0. The molecule has 1 aromatic rings. The normalized spacial score (nSPS) is 14.0. The Hall–Kier alpha value is -1.07. The van der Waals surface area contributed by atoms with E-state index in [1.807, 2.05) is 0 Å². The van der Waals surface area contributed by atoms with E-state index in [-0.39, 0.29) is 5.56 Å². The Morgan fingerprint density at radius 3 is 2.53 bits per heavy atom. The fourth-order valence-electron chi connectivity index (χ4n) is 1.31. The van der Waals surface area contributed by atoms with E-state index >= 15 is 0 Å². The van der Waals surface area contributed by atoms with Crippen molar-refractivity contribution in [3.05, 3.63) is 35.1 Å². The van der Waals surface area contributed by atoms with Crippen molar-refractivity contribution in [2.75, 3.05) is 6.61 Å². The van der Waals surface area contributed by atoms with Crippen molar-refractivity contribution >= 4 is 0 Å². The van der Waals surface area contributed by atoms with Gasteiger partial charge in [0.05, 0.1) is 6.04 Å². The molecule has 3 N–H and O–H groups in total. The molecule has 0 amide bonds. The van der Waals surface area contributed by atoms with Gasteiger partial charge in [-0.3, -0.25) is 0 Å². The van der Waals surface area contributed by atoms with Crippen molar-refractivity contribution < 1.29 is 18.3 Å². The lowest BCUT2D eigenvalue weighted by molar-refractivity contribution is -0.0713. The number of aliphatic hydroxyl groups is 1.